The van der Waals surface area contributed by atoms with E-state index in [-0.39, 0.29) is 0 Å². The molecular formula is C14H15OS. The molecule has 1 radical (unpaired) electrons. The number of thiophene rings is 1. The van der Waals surface area contributed by atoms with Crippen LogP contribution in [-0.2, 0) is 0 Å². The highest BCUT2D eigenvalue weighted by molar-refractivity contribution is 7.08. The largest absolute Gasteiger partial charge is 0.491 e. The van der Waals surface area contributed by atoms with Crippen LogP contribution in [0.3, 0.4) is 0 Å². The minimum Gasteiger partial charge on any atom is -0.491 e. The summed E-state index contributed by atoms with van der Waals surface area (Å²) in [7, 11) is 0. The van der Waals surface area contributed by atoms with Gasteiger partial charge in [0.1, 0.15) is 5.75 Å². The van der Waals surface area contributed by atoms with Crippen LogP contribution in [0, 0.1) is 5.38 Å². The first kappa shape index (κ1) is 11.2. The zero-order chi connectivity index (χ0) is 11.2. The molecule has 2 aromatic rings. The fourth-order valence-electron chi connectivity index (χ4n) is 1.49. The molecule has 0 aliphatic heterocycles. The Morgan fingerprint density at radius 1 is 1.25 bits per heavy atom. The Bertz CT molecular complexity index is 419. The quantitative estimate of drug-likeness (QED) is 0.693. The monoisotopic (exact) mass is 231 g/mol. The van der Waals surface area contributed by atoms with Crippen molar-refractivity contribution >= 4 is 11.3 Å². The van der Waals surface area contributed by atoms with E-state index >= 15 is 0 Å². The van der Waals surface area contributed by atoms with E-state index in [9.17, 15) is 0 Å². The number of unbranched alkanes of at least 4 members (excludes halogenated alkanes) is 1. The zero-order valence-corrected chi connectivity index (χ0v) is 10.2. The van der Waals surface area contributed by atoms with Crippen molar-refractivity contribution in [1.82, 2.24) is 0 Å². The van der Waals surface area contributed by atoms with Gasteiger partial charge in [0.15, 0.2) is 0 Å². The number of rotatable bonds is 5. The van der Waals surface area contributed by atoms with Gasteiger partial charge in [0.05, 0.1) is 12.0 Å². The molecule has 0 bridgehead atoms. The normalized spacial score (nSPS) is 10.3. The molecule has 16 heavy (non-hydrogen) atoms. The Morgan fingerprint density at radius 3 is 2.81 bits per heavy atom. The molecule has 0 aliphatic rings. The summed E-state index contributed by atoms with van der Waals surface area (Å²) in [4.78, 5) is 0. The van der Waals surface area contributed by atoms with Crippen LogP contribution >= 0.6 is 11.3 Å². The molecular weight excluding hydrogens is 216 g/mol. The van der Waals surface area contributed by atoms with Gasteiger partial charge >= 0.3 is 0 Å². The molecule has 0 amide bonds. The summed E-state index contributed by atoms with van der Waals surface area (Å²) in [6.07, 6.45) is 2.25. The topological polar surface area (TPSA) is 9.23 Å². The van der Waals surface area contributed by atoms with Crippen molar-refractivity contribution in [3.05, 3.63) is 41.1 Å². The van der Waals surface area contributed by atoms with Crippen LogP contribution in [0.4, 0.5) is 0 Å². The lowest BCUT2D eigenvalue weighted by atomic mass is 10.1. The van der Waals surface area contributed by atoms with Crippen LogP contribution in [0.2, 0.25) is 0 Å². The zero-order valence-electron chi connectivity index (χ0n) is 9.40. The maximum atomic E-state index is 5.73. The summed E-state index contributed by atoms with van der Waals surface area (Å²) < 4.78 is 5.73. The van der Waals surface area contributed by atoms with E-state index in [1.165, 1.54) is 5.56 Å². The van der Waals surface area contributed by atoms with Gasteiger partial charge in [-0.2, -0.15) is 0 Å². The predicted octanol–water partition coefficient (Wildman–Crippen LogP) is 4.39. The standard InChI is InChI=1S/C14H15OS/c1-2-3-9-15-14-11-16-10-13(14)12-7-5-4-6-8-12/h4-8,10H,2-3,9H2,1H3. The number of benzene rings is 1. The number of ether oxygens (including phenoxy) is 1. The molecule has 0 spiro atoms. The summed E-state index contributed by atoms with van der Waals surface area (Å²) in [5, 5.41) is 5.28. The van der Waals surface area contributed by atoms with Gasteiger partial charge in [0.25, 0.3) is 0 Å². The van der Waals surface area contributed by atoms with Crippen molar-refractivity contribution in [2.24, 2.45) is 0 Å². The maximum Gasteiger partial charge on any atom is 0.146 e. The minimum atomic E-state index is 0.781. The van der Waals surface area contributed by atoms with Gasteiger partial charge in [-0.15, -0.1) is 11.3 Å². The highest BCUT2D eigenvalue weighted by Gasteiger charge is 2.07. The van der Waals surface area contributed by atoms with Crippen LogP contribution in [-0.4, -0.2) is 6.61 Å². The van der Waals surface area contributed by atoms with Crippen molar-refractivity contribution in [2.45, 2.75) is 19.8 Å². The lowest BCUT2D eigenvalue weighted by Gasteiger charge is -2.06. The fourth-order valence-corrected chi connectivity index (χ4v) is 2.19. The summed E-state index contributed by atoms with van der Waals surface area (Å²) in [6, 6.07) is 10.3. The first-order chi connectivity index (χ1) is 7.92. The second-order valence-corrected chi connectivity index (χ2v) is 4.32. The Morgan fingerprint density at radius 2 is 2.06 bits per heavy atom. The SMILES string of the molecule is CCCCOc1[c]scc1-c1ccccc1. The molecule has 0 aliphatic carbocycles. The molecule has 2 rings (SSSR count). The second-order valence-electron chi connectivity index (χ2n) is 3.65. The van der Waals surface area contributed by atoms with E-state index < -0.39 is 0 Å². The first-order valence-electron chi connectivity index (χ1n) is 5.59. The van der Waals surface area contributed by atoms with Crippen LogP contribution in [0.1, 0.15) is 19.8 Å². The molecule has 0 fully saturated rings. The van der Waals surface area contributed by atoms with E-state index in [2.05, 4.69) is 29.8 Å². The molecule has 1 nitrogen and oxygen atoms in total. The van der Waals surface area contributed by atoms with E-state index in [0.717, 1.165) is 30.8 Å². The lowest BCUT2D eigenvalue weighted by Crippen LogP contribution is -1.96. The summed E-state index contributed by atoms with van der Waals surface area (Å²) in [5.41, 5.74) is 2.35. The number of hydrogen-bond acceptors (Lipinski definition) is 2. The summed E-state index contributed by atoms with van der Waals surface area (Å²) in [5.74, 6) is 0.893. The highest BCUT2D eigenvalue weighted by Crippen LogP contribution is 2.32. The molecule has 0 N–H and O–H groups in total. The van der Waals surface area contributed by atoms with E-state index in [4.69, 9.17) is 4.74 Å². The van der Waals surface area contributed by atoms with Gasteiger partial charge in [-0.3, -0.25) is 0 Å². The molecule has 0 saturated carbocycles. The van der Waals surface area contributed by atoms with Gasteiger partial charge < -0.3 is 4.74 Å². The molecule has 1 aromatic heterocycles. The van der Waals surface area contributed by atoms with Crippen molar-refractivity contribution < 1.29 is 4.74 Å². The molecule has 0 unspecified atom stereocenters. The van der Waals surface area contributed by atoms with Crippen LogP contribution in [0.15, 0.2) is 35.7 Å². The predicted molar refractivity (Wildman–Crippen MR) is 69.0 cm³/mol. The van der Waals surface area contributed by atoms with Crippen LogP contribution in [0.5, 0.6) is 5.75 Å². The van der Waals surface area contributed by atoms with Crippen LogP contribution < -0.4 is 4.74 Å². The molecule has 1 aromatic carbocycles. The Labute approximate surface area is 101 Å². The summed E-state index contributed by atoms with van der Waals surface area (Å²) >= 11 is 1.57. The molecule has 0 saturated heterocycles. The summed E-state index contributed by atoms with van der Waals surface area (Å²) in [6.45, 7) is 2.95. The lowest BCUT2D eigenvalue weighted by molar-refractivity contribution is 0.311. The average molecular weight is 231 g/mol. The van der Waals surface area contributed by atoms with Gasteiger partial charge in [-0.25, -0.2) is 0 Å². The van der Waals surface area contributed by atoms with Crippen molar-refractivity contribution in [3.63, 3.8) is 0 Å². The second kappa shape index (κ2) is 5.71. The van der Waals surface area contributed by atoms with Crippen molar-refractivity contribution in [3.8, 4) is 16.9 Å². The van der Waals surface area contributed by atoms with E-state index in [0.29, 0.717) is 0 Å². The molecule has 0 atom stereocenters. The number of hydrogen-bond donors (Lipinski definition) is 0. The minimum absolute atomic E-state index is 0.781. The Hall–Kier alpha value is -1.28. The van der Waals surface area contributed by atoms with Gasteiger partial charge in [-0.05, 0) is 12.0 Å². The maximum absolute atomic E-state index is 5.73. The third-order valence-corrected chi connectivity index (χ3v) is 3.06. The van der Waals surface area contributed by atoms with Gasteiger partial charge in [0.2, 0.25) is 0 Å². The Balaban J connectivity index is 2.13. The molecule has 83 valence electrons. The van der Waals surface area contributed by atoms with E-state index in [1.54, 1.807) is 11.3 Å². The molecule has 2 heteroatoms. The van der Waals surface area contributed by atoms with Crippen LogP contribution in [0.25, 0.3) is 11.1 Å². The average Bonchev–Trinajstić information content (AvgIpc) is 2.79. The van der Waals surface area contributed by atoms with E-state index in [1.807, 2.05) is 18.2 Å². The van der Waals surface area contributed by atoms with Gasteiger partial charge in [0, 0.05) is 10.9 Å². The van der Waals surface area contributed by atoms with Crippen molar-refractivity contribution in [2.75, 3.05) is 6.61 Å². The van der Waals surface area contributed by atoms with Gasteiger partial charge in [-0.1, -0.05) is 43.7 Å². The third kappa shape index (κ3) is 2.64. The first-order valence-corrected chi connectivity index (χ1v) is 6.47. The van der Waals surface area contributed by atoms with Crippen molar-refractivity contribution in [1.29, 1.82) is 0 Å². The Kier molecular flexibility index (Phi) is 4.00. The fraction of sp³-hybridized carbons (Fsp3) is 0.286. The smallest absolute Gasteiger partial charge is 0.146 e. The molecule has 1 heterocycles. The third-order valence-electron chi connectivity index (χ3n) is 2.40. The highest BCUT2D eigenvalue weighted by atomic mass is 32.1.